The van der Waals surface area contributed by atoms with Gasteiger partial charge in [-0.15, -0.1) is 0 Å². The summed E-state index contributed by atoms with van der Waals surface area (Å²) in [6, 6.07) is 13.6. The molecule has 2 aromatic rings. The zero-order valence-electron chi connectivity index (χ0n) is 14.4. The molecular formula is C21H25ClN2O. The fourth-order valence-corrected chi connectivity index (χ4v) is 3.83. The largest absolute Gasteiger partial charge is 0.366 e. The quantitative estimate of drug-likeness (QED) is 0.701. The number of primary amides is 1. The Morgan fingerprint density at radius 1 is 1.12 bits per heavy atom. The molecule has 0 spiro atoms. The molecule has 0 unspecified atom stereocenters. The second-order valence-electron chi connectivity index (χ2n) is 6.87. The van der Waals surface area contributed by atoms with Crippen LogP contribution in [0.1, 0.15) is 48.0 Å². The SMILES string of the molecule is NC(=O)c1ccc(-c2ccc(CNCCC3CCCC3)cc2)c(Cl)c1. The van der Waals surface area contributed by atoms with Gasteiger partial charge in [0, 0.05) is 22.7 Å². The predicted octanol–water partition coefficient (Wildman–Crippen LogP) is 4.78. The van der Waals surface area contributed by atoms with Crippen LogP contribution in [-0.2, 0) is 6.54 Å². The van der Waals surface area contributed by atoms with Crippen LogP contribution in [0.3, 0.4) is 0 Å². The molecule has 132 valence electrons. The molecule has 0 bridgehead atoms. The molecule has 3 N–H and O–H groups in total. The van der Waals surface area contributed by atoms with Crippen molar-refractivity contribution in [2.75, 3.05) is 6.54 Å². The molecule has 1 saturated carbocycles. The Balaban J connectivity index is 1.55. The minimum atomic E-state index is -0.465. The van der Waals surface area contributed by atoms with Gasteiger partial charge in [-0.3, -0.25) is 4.79 Å². The lowest BCUT2D eigenvalue weighted by Gasteiger charge is -2.11. The highest BCUT2D eigenvalue weighted by atomic mass is 35.5. The van der Waals surface area contributed by atoms with Crippen LogP contribution in [0.4, 0.5) is 0 Å². The number of amides is 1. The molecule has 0 aliphatic heterocycles. The summed E-state index contributed by atoms with van der Waals surface area (Å²) in [6.45, 7) is 1.98. The van der Waals surface area contributed by atoms with Crippen molar-refractivity contribution in [3.63, 3.8) is 0 Å². The van der Waals surface area contributed by atoms with Crippen molar-refractivity contribution in [3.05, 3.63) is 58.6 Å². The number of carbonyl (C=O) groups is 1. The normalized spacial score (nSPS) is 14.8. The molecule has 1 fully saturated rings. The summed E-state index contributed by atoms with van der Waals surface area (Å²) in [5.41, 5.74) is 8.92. The summed E-state index contributed by atoms with van der Waals surface area (Å²) in [5, 5.41) is 4.08. The topological polar surface area (TPSA) is 55.1 Å². The third-order valence-electron chi connectivity index (χ3n) is 5.05. The van der Waals surface area contributed by atoms with Gasteiger partial charge < -0.3 is 11.1 Å². The number of carbonyl (C=O) groups excluding carboxylic acids is 1. The number of benzene rings is 2. The van der Waals surface area contributed by atoms with Crippen molar-refractivity contribution in [2.24, 2.45) is 11.7 Å². The van der Waals surface area contributed by atoms with Crippen molar-refractivity contribution in [2.45, 2.75) is 38.6 Å². The first-order valence-corrected chi connectivity index (χ1v) is 9.40. The van der Waals surface area contributed by atoms with E-state index in [2.05, 4.69) is 29.6 Å². The first kappa shape index (κ1) is 18.0. The Morgan fingerprint density at radius 3 is 2.48 bits per heavy atom. The number of nitrogens with two attached hydrogens (primary N) is 1. The summed E-state index contributed by atoms with van der Waals surface area (Å²) < 4.78 is 0. The Kier molecular flexibility index (Phi) is 6.11. The van der Waals surface area contributed by atoms with Gasteiger partial charge in [-0.2, -0.15) is 0 Å². The highest BCUT2D eigenvalue weighted by Gasteiger charge is 2.13. The van der Waals surface area contributed by atoms with Crippen LogP contribution in [0.25, 0.3) is 11.1 Å². The van der Waals surface area contributed by atoms with Gasteiger partial charge in [-0.25, -0.2) is 0 Å². The first-order valence-electron chi connectivity index (χ1n) is 9.03. The zero-order valence-corrected chi connectivity index (χ0v) is 15.2. The molecule has 1 aliphatic carbocycles. The van der Waals surface area contributed by atoms with Gasteiger partial charge in [0.1, 0.15) is 0 Å². The molecule has 3 nitrogen and oxygen atoms in total. The van der Waals surface area contributed by atoms with E-state index < -0.39 is 5.91 Å². The third kappa shape index (κ3) is 4.83. The number of rotatable bonds is 7. The molecule has 3 rings (SSSR count). The number of nitrogens with one attached hydrogen (secondary N) is 1. The molecular weight excluding hydrogens is 332 g/mol. The van der Waals surface area contributed by atoms with E-state index in [0.29, 0.717) is 10.6 Å². The van der Waals surface area contributed by atoms with Gasteiger partial charge >= 0.3 is 0 Å². The lowest BCUT2D eigenvalue weighted by molar-refractivity contribution is 0.100. The van der Waals surface area contributed by atoms with Gasteiger partial charge in [0.25, 0.3) is 0 Å². The van der Waals surface area contributed by atoms with Crippen molar-refractivity contribution in [3.8, 4) is 11.1 Å². The Labute approximate surface area is 154 Å². The molecule has 0 aromatic heterocycles. The molecule has 25 heavy (non-hydrogen) atoms. The van der Waals surface area contributed by atoms with Crippen molar-refractivity contribution < 1.29 is 4.79 Å². The number of hydrogen-bond donors (Lipinski definition) is 2. The Morgan fingerprint density at radius 2 is 1.84 bits per heavy atom. The fraction of sp³-hybridized carbons (Fsp3) is 0.381. The average Bonchev–Trinajstić information content (AvgIpc) is 3.13. The lowest BCUT2D eigenvalue weighted by Crippen LogP contribution is -2.16. The number of halogens is 1. The lowest BCUT2D eigenvalue weighted by atomic mass is 10.0. The Bertz CT molecular complexity index is 721. The van der Waals surface area contributed by atoms with E-state index in [4.69, 9.17) is 17.3 Å². The second kappa shape index (κ2) is 8.50. The van der Waals surface area contributed by atoms with Gasteiger partial charge in [0.05, 0.1) is 0 Å². The van der Waals surface area contributed by atoms with E-state index in [-0.39, 0.29) is 0 Å². The summed E-state index contributed by atoms with van der Waals surface area (Å²) in [6.07, 6.45) is 6.93. The van der Waals surface area contributed by atoms with Crippen molar-refractivity contribution in [1.29, 1.82) is 0 Å². The van der Waals surface area contributed by atoms with Crippen molar-refractivity contribution in [1.82, 2.24) is 5.32 Å². The smallest absolute Gasteiger partial charge is 0.248 e. The van der Waals surface area contributed by atoms with Crippen molar-refractivity contribution >= 4 is 17.5 Å². The molecule has 0 radical (unpaired) electrons. The summed E-state index contributed by atoms with van der Waals surface area (Å²) in [5.74, 6) is 0.466. The number of hydrogen-bond acceptors (Lipinski definition) is 2. The first-order chi connectivity index (χ1) is 12.1. The monoisotopic (exact) mass is 356 g/mol. The van der Waals surface area contributed by atoms with E-state index in [1.165, 1.54) is 37.7 Å². The highest BCUT2D eigenvalue weighted by Crippen LogP contribution is 2.29. The maximum Gasteiger partial charge on any atom is 0.248 e. The highest BCUT2D eigenvalue weighted by molar-refractivity contribution is 6.33. The Hall–Kier alpha value is -1.84. The van der Waals surface area contributed by atoms with Crippen LogP contribution < -0.4 is 11.1 Å². The van der Waals surface area contributed by atoms with E-state index in [9.17, 15) is 4.79 Å². The van der Waals surface area contributed by atoms with Crippen LogP contribution >= 0.6 is 11.6 Å². The predicted molar refractivity (Wildman–Crippen MR) is 104 cm³/mol. The van der Waals surface area contributed by atoms with E-state index >= 15 is 0 Å². The van der Waals surface area contributed by atoms with Gasteiger partial charge in [-0.1, -0.05) is 67.6 Å². The van der Waals surface area contributed by atoms with Crippen LogP contribution in [0.15, 0.2) is 42.5 Å². The maximum absolute atomic E-state index is 11.2. The molecule has 1 aliphatic rings. The maximum atomic E-state index is 11.2. The summed E-state index contributed by atoms with van der Waals surface area (Å²) in [7, 11) is 0. The molecule has 2 aromatic carbocycles. The minimum absolute atomic E-state index is 0.428. The second-order valence-corrected chi connectivity index (χ2v) is 7.28. The van der Waals surface area contributed by atoms with Crippen LogP contribution in [0.5, 0.6) is 0 Å². The standard InChI is InChI=1S/C21H25ClN2O/c22-20-13-18(21(23)25)9-10-19(20)17-7-5-16(6-8-17)14-24-12-11-15-3-1-2-4-15/h5-10,13,15,24H,1-4,11-12,14H2,(H2,23,25). The summed E-state index contributed by atoms with van der Waals surface area (Å²) >= 11 is 6.29. The van der Waals surface area contributed by atoms with E-state index in [1.807, 2.05) is 6.07 Å². The molecule has 0 atom stereocenters. The van der Waals surface area contributed by atoms with E-state index in [0.717, 1.165) is 30.1 Å². The molecule has 4 heteroatoms. The average molecular weight is 357 g/mol. The van der Waals surface area contributed by atoms with E-state index in [1.54, 1.807) is 12.1 Å². The molecule has 0 heterocycles. The summed E-state index contributed by atoms with van der Waals surface area (Å²) in [4.78, 5) is 11.2. The van der Waals surface area contributed by atoms with Gasteiger partial charge in [0.15, 0.2) is 0 Å². The van der Waals surface area contributed by atoms with Gasteiger partial charge in [-0.05, 0) is 42.1 Å². The van der Waals surface area contributed by atoms with Crippen LogP contribution in [0, 0.1) is 5.92 Å². The fourth-order valence-electron chi connectivity index (χ4n) is 3.54. The minimum Gasteiger partial charge on any atom is -0.366 e. The van der Waals surface area contributed by atoms with Gasteiger partial charge in [0.2, 0.25) is 5.91 Å². The molecule has 0 saturated heterocycles. The van der Waals surface area contributed by atoms with Crippen LogP contribution in [0.2, 0.25) is 5.02 Å². The zero-order chi connectivity index (χ0) is 17.6. The third-order valence-corrected chi connectivity index (χ3v) is 5.36. The molecule has 1 amide bonds. The van der Waals surface area contributed by atoms with Crippen LogP contribution in [-0.4, -0.2) is 12.5 Å².